The molecule has 1 fully saturated rings. The van der Waals surface area contributed by atoms with E-state index < -0.39 is 0 Å². The predicted octanol–water partition coefficient (Wildman–Crippen LogP) is 2.01. The van der Waals surface area contributed by atoms with Gasteiger partial charge in [0.15, 0.2) is 11.5 Å². The summed E-state index contributed by atoms with van der Waals surface area (Å²) in [6.07, 6.45) is 4.19. The van der Waals surface area contributed by atoms with E-state index in [9.17, 15) is 4.79 Å². The SMILES string of the molecule is O=c1[nH]c(CC2CC2)nc2c1CCN(Cc1ccc3c(c1)OCO3)C2. The van der Waals surface area contributed by atoms with Gasteiger partial charge in [-0.2, -0.15) is 0 Å². The number of ether oxygens (including phenoxy) is 2. The van der Waals surface area contributed by atoms with Gasteiger partial charge in [-0.15, -0.1) is 0 Å². The van der Waals surface area contributed by atoms with Gasteiger partial charge in [-0.3, -0.25) is 9.69 Å². The number of aromatic amines is 1. The van der Waals surface area contributed by atoms with Gasteiger partial charge in [-0.1, -0.05) is 6.07 Å². The van der Waals surface area contributed by atoms with Crippen molar-refractivity contribution in [2.24, 2.45) is 5.92 Å². The smallest absolute Gasteiger partial charge is 0.254 e. The first kappa shape index (κ1) is 15.0. The monoisotopic (exact) mass is 339 g/mol. The maximum atomic E-state index is 12.3. The highest BCUT2D eigenvalue weighted by atomic mass is 16.7. The maximum absolute atomic E-state index is 12.3. The standard InChI is InChI=1S/C19H21N3O3/c23-19-14-5-6-22(9-13-3-4-16-17(7-13)25-11-24-16)10-15(14)20-18(21-19)8-12-1-2-12/h3-4,7,12H,1-2,5-6,8-11H2,(H,20,21,23). The summed E-state index contributed by atoms with van der Waals surface area (Å²) in [5.74, 6) is 3.20. The van der Waals surface area contributed by atoms with E-state index in [1.807, 2.05) is 12.1 Å². The van der Waals surface area contributed by atoms with Gasteiger partial charge in [0.25, 0.3) is 5.56 Å². The first-order valence-electron chi connectivity index (χ1n) is 8.96. The molecular formula is C19H21N3O3. The van der Waals surface area contributed by atoms with Crippen molar-refractivity contribution < 1.29 is 9.47 Å². The van der Waals surface area contributed by atoms with Crippen LogP contribution in [0.25, 0.3) is 0 Å². The Hall–Kier alpha value is -2.34. The molecule has 1 N–H and O–H groups in total. The minimum Gasteiger partial charge on any atom is -0.454 e. The number of benzene rings is 1. The topological polar surface area (TPSA) is 67.5 Å². The van der Waals surface area contributed by atoms with Gasteiger partial charge < -0.3 is 14.5 Å². The molecule has 6 heteroatoms. The Balaban J connectivity index is 1.34. The van der Waals surface area contributed by atoms with E-state index in [4.69, 9.17) is 14.5 Å². The zero-order valence-electron chi connectivity index (χ0n) is 14.1. The van der Waals surface area contributed by atoms with Gasteiger partial charge in [-0.05, 0) is 42.9 Å². The Morgan fingerprint density at radius 2 is 2.12 bits per heavy atom. The molecular weight excluding hydrogens is 318 g/mol. The number of nitrogens with zero attached hydrogens (tertiary/aromatic N) is 2. The van der Waals surface area contributed by atoms with Gasteiger partial charge in [0.05, 0.1) is 5.69 Å². The highest BCUT2D eigenvalue weighted by molar-refractivity contribution is 5.44. The van der Waals surface area contributed by atoms with Crippen LogP contribution in [0.15, 0.2) is 23.0 Å². The number of hydrogen-bond donors (Lipinski definition) is 1. The van der Waals surface area contributed by atoms with Crippen LogP contribution >= 0.6 is 0 Å². The molecule has 0 radical (unpaired) electrons. The predicted molar refractivity (Wildman–Crippen MR) is 91.7 cm³/mol. The summed E-state index contributed by atoms with van der Waals surface area (Å²) in [4.78, 5) is 22.4. The Morgan fingerprint density at radius 1 is 1.24 bits per heavy atom. The minimum atomic E-state index is 0.0587. The summed E-state index contributed by atoms with van der Waals surface area (Å²) < 4.78 is 10.8. The lowest BCUT2D eigenvalue weighted by Crippen LogP contribution is -2.35. The van der Waals surface area contributed by atoms with E-state index in [2.05, 4.69) is 16.0 Å². The first-order chi connectivity index (χ1) is 12.2. The summed E-state index contributed by atoms with van der Waals surface area (Å²) in [5.41, 5.74) is 3.06. The van der Waals surface area contributed by atoms with Crippen LogP contribution in [0.4, 0.5) is 0 Å². The van der Waals surface area contributed by atoms with Crippen molar-refractivity contribution >= 4 is 0 Å². The van der Waals surface area contributed by atoms with Crippen LogP contribution < -0.4 is 15.0 Å². The molecule has 1 aromatic carbocycles. The van der Waals surface area contributed by atoms with Crippen LogP contribution in [0.5, 0.6) is 11.5 Å². The Labute approximate surface area is 145 Å². The molecule has 2 aliphatic heterocycles. The molecule has 0 atom stereocenters. The fraction of sp³-hybridized carbons (Fsp3) is 0.474. The number of rotatable bonds is 4. The van der Waals surface area contributed by atoms with E-state index in [0.717, 1.165) is 67.0 Å². The minimum absolute atomic E-state index is 0.0587. The van der Waals surface area contributed by atoms with Crippen molar-refractivity contribution in [1.82, 2.24) is 14.9 Å². The molecule has 1 saturated carbocycles. The normalized spacial score (nSPS) is 19.0. The van der Waals surface area contributed by atoms with Gasteiger partial charge >= 0.3 is 0 Å². The second kappa shape index (κ2) is 5.88. The average molecular weight is 339 g/mol. The van der Waals surface area contributed by atoms with Crippen LogP contribution in [0, 0.1) is 5.92 Å². The number of nitrogens with one attached hydrogen (secondary N) is 1. The molecule has 0 spiro atoms. The largest absolute Gasteiger partial charge is 0.454 e. The quantitative estimate of drug-likeness (QED) is 0.923. The van der Waals surface area contributed by atoms with E-state index in [1.165, 1.54) is 18.4 Å². The molecule has 1 aromatic heterocycles. The Morgan fingerprint density at radius 3 is 3.00 bits per heavy atom. The zero-order chi connectivity index (χ0) is 16.8. The van der Waals surface area contributed by atoms with Gasteiger partial charge in [0.1, 0.15) is 5.82 Å². The molecule has 0 saturated heterocycles. The van der Waals surface area contributed by atoms with Crippen molar-refractivity contribution in [2.75, 3.05) is 13.3 Å². The fourth-order valence-corrected chi connectivity index (χ4v) is 3.67. The summed E-state index contributed by atoms with van der Waals surface area (Å²) in [5, 5.41) is 0. The number of hydrogen-bond acceptors (Lipinski definition) is 5. The van der Waals surface area contributed by atoms with E-state index in [1.54, 1.807) is 0 Å². The van der Waals surface area contributed by atoms with E-state index >= 15 is 0 Å². The second-order valence-electron chi connectivity index (χ2n) is 7.23. The highest BCUT2D eigenvalue weighted by Gasteiger charge is 2.25. The summed E-state index contributed by atoms with van der Waals surface area (Å²) >= 11 is 0. The fourth-order valence-electron chi connectivity index (χ4n) is 3.67. The highest BCUT2D eigenvalue weighted by Crippen LogP contribution is 2.33. The number of aromatic nitrogens is 2. The third-order valence-corrected chi connectivity index (χ3v) is 5.22. The zero-order valence-corrected chi connectivity index (χ0v) is 14.1. The van der Waals surface area contributed by atoms with Gasteiger partial charge in [0.2, 0.25) is 6.79 Å². The van der Waals surface area contributed by atoms with Crippen LogP contribution in [0.1, 0.15) is 35.5 Å². The van der Waals surface area contributed by atoms with Crippen molar-refractivity contribution in [1.29, 1.82) is 0 Å². The lowest BCUT2D eigenvalue weighted by atomic mass is 10.0. The Bertz CT molecular complexity index is 873. The summed E-state index contributed by atoms with van der Waals surface area (Å²) in [6.45, 7) is 2.72. The molecule has 0 unspecified atom stereocenters. The Kier molecular flexibility index (Phi) is 3.52. The average Bonchev–Trinajstić information content (AvgIpc) is 3.28. The van der Waals surface area contributed by atoms with Crippen LogP contribution in [0.2, 0.25) is 0 Å². The molecule has 3 aliphatic rings. The van der Waals surface area contributed by atoms with Crippen LogP contribution in [-0.2, 0) is 25.9 Å². The van der Waals surface area contributed by atoms with Crippen LogP contribution in [-0.4, -0.2) is 28.2 Å². The lowest BCUT2D eigenvalue weighted by molar-refractivity contribution is 0.174. The van der Waals surface area contributed by atoms with Crippen LogP contribution in [0.3, 0.4) is 0 Å². The van der Waals surface area contributed by atoms with E-state index in [0.29, 0.717) is 6.79 Å². The molecule has 3 heterocycles. The maximum Gasteiger partial charge on any atom is 0.254 e. The van der Waals surface area contributed by atoms with Gasteiger partial charge in [0, 0.05) is 31.6 Å². The molecule has 25 heavy (non-hydrogen) atoms. The van der Waals surface area contributed by atoms with Crippen molar-refractivity contribution in [3.63, 3.8) is 0 Å². The third kappa shape index (κ3) is 3.02. The van der Waals surface area contributed by atoms with E-state index in [-0.39, 0.29) is 5.56 Å². The molecule has 0 amide bonds. The lowest BCUT2D eigenvalue weighted by Gasteiger charge is -2.27. The molecule has 6 nitrogen and oxygen atoms in total. The molecule has 2 aromatic rings. The first-order valence-corrected chi connectivity index (χ1v) is 8.96. The second-order valence-corrected chi connectivity index (χ2v) is 7.23. The summed E-state index contributed by atoms with van der Waals surface area (Å²) in [7, 11) is 0. The van der Waals surface area contributed by atoms with Crippen molar-refractivity contribution in [3.05, 3.63) is 51.2 Å². The molecule has 1 aliphatic carbocycles. The molecule has 130 valence electrons. The number of fused-ring (bicyclic) bond motifs is 2. The van der Waals surface area contributed by atoms with Crippen molar-refractivity contribution in [3.8, 4) is 11.5 Å². The summed E-state index contributed by atoms with van der Waals surface area (Å²) in [6, 6.07) is 6.08. The molecule has 0 bridgehead atoms. The molecule has 5 rings (SSSR count). The van der Waals surface area contributed by atoms with Crippen molar-refractivity contribution in [2.45, 2.75) is 38.8 Å². The van der Waals surface area contributed by atoms with Gasteiger partial charge in [-0.25, -0.2) is 4.98 Å². The number of H-pyrrole nitrogens is 1. The third-order valence-electron chi connectivity index (χ3n) is 5.22.